The van der Waals surface area contributed by atoms with Gasteiger partial charge < -0.3 is 5.32 Å². The average molecular weight is 197 g/mol. The van der Waals surface area contributed by atoms with Crippen LogP contribution in [0.4, 0.5) is 0 Å². The molecule has 1 aliphatic rings. The zero-order valence-corrected chi connectivity index (χ0v) is 10.1. The first kappa shape index (κ1) is 12.0. The third-order valence-corrected chi connectivity index (χ3v) is 3.54. The van der Waals surface area contributed by atoms with Crippen molar-refractivity contribution in [2.24, 2.45) is 0 Å². The molecule has 1 atom stereocenters. The molecule has 1 aliphatic heterocycles. The van der Waals surface area contributed by atoms with Gasteiger partial charge in [-0.15, -0.1) is 0 Å². The van der Waals surface area contributed by atoms with E-state index in [2.05, 4.69) is 19.2 Å². The van der Waals surface area contributed by atoms with E-state index >= 15 is 0 Å². The van der Waals surface area contributed by atoms with E-state index in [1.807, 2.05) is 0 Å². The second-order valence-electron chi connectivity index (χ2n) is 5.11. The molecule has 1 saturated heterocycles. The third kappa shape index (κ3) is 4.45. The summed E-state index contributed by atoms with van der Waals surface area (Å²) in [7, 11) is 0. The van der Waals surface area contributed by atoms with Crippen LogP contribution in [0.2, 0.25) is 0 Å². The summed E-state index contributed by atoms with van der Waals surface area (Å²) < 4.78 is 0. The van der Waals surface area contributed by atoms with Crippen molar-refractivity contribution in [1.29, 1.82) is 0 Å². The van der Waals surface area contributed by atoms with Gasteiger partial charge in [-0.25, -0.2) is 0 Å². The Labute approximate surface area is 89.7 Å². The van der Waals surface area contributed by atoms with Gasteiger partial charge >= 0.3 is 0 Å². The predicted octanol–water partition coefficient (Wildman–Crippen LogP) is 3.88. The van der Waals surface area contributed by atoms with Crippen LogP contribution >= 0.6 is 0 Å². The van der Waals surface area contributed by atoms with E-state index in [0.29, 0.717) is 5.54 Å². The number of rotatable bonds is 7. The summed E-state index contributed by atoms with van der Waals surface area (Å²) in [5.41, 5.74) is 0.491. The molecule has 0 saturated carbocycles. The first-order chi connectivity index (χ1) is 6.77. The molecule has 0 amide bonds. The molecule has 0 bridgehead atoms. The maximum atomic E-state index is 3.64. The molecule has 0 aromatic heterocycles. The van der Waals surface area contributed by atoms with E-state index in [-0.39, 0.29) is 0 Å². The second-order valence-corrected chi connectivity index (χ2v) is 5.11. The highest BCUT2D eigenvalue weighted by atomic mass is 15.0. The minimum Gasteiger partial charge on any atom is -0.312 e. The van der Waals surface area contributed by atoms with Crippen LogP contribution in [0.5, 0.6) is 0 Å². The SMILES string of the molecule is CCCCCCCCC1(C)CCCN1. The highest BCUT2D eigenvalue weighted by molar-refractivity contribution is 4.87. The van der Waals surface area contributed by atoms with Crippen LogP contribution in [-0.2, 0) is 0 Å². The van der Waals surface area contributed by atoms with Crippen LogP contribution in [0, 0.1) is 0 Å². The average Bonchev–Trinajstić information content (AvgIpc) is 2.59. The first-order valence-corrected chi connectivity index (χ1v) is 6.52. The Hall–Kier alpha value is -0.0400. The van der Waals surface area contributed by atoms with Crippen molar-refractivity contribution in [2.45, 2.75) is 77.2 Å². The zero-order valence-electron chi connectivity index (χ0n) is 10.1. The first-order valence-electron chi connectivity index (χ1n) is 6.52. The molecule has 0 aromatic rings. The zero-order chi connectivity index (χ0) is 10.3. The quantitative estimate of drug-likeness (QED) is 0.611. The van der Waals surface area contributed by atoms with E-state index < -0.39 is 0 Å². The molecule has 0 aliphatic carbocycles. The molecule has 1 heteroatoms. The fourth-order valence-corrected chi connectivity index (χ4v) is 2.47. The topological polar surface area (TPSA) is 12.0 Å². The van der Waals surface area contributed by atoms with Crippen LogP contribution < -0.4 is 5.32 Å². The van der Waals surface area contributed by atoms with Gasteiger partial charge in [0.05, 0.1) is 0 Å². The number of hydrogen-bond donors (Lipinski definition) is 1. The van der Waals surface area contributed by atoms with Gasteiger partial charge in [-0.05, 0) is 32.7 Å². The lowest BCUT2D eigenvalue weighted by molar-refractivity contribution is 0.365. The standard InChI is InChI=1S/C13H27N/c1-3-4-5-6-7-8-10-13(2)11-9-12-14-13/h14H,3-12H2,1-2H3. The molecule has 84 valence electrons. The van der Waals surface area contributed by atoms with E-state index in [9.17, 15) is 0 Å². The monoisotopic (exact) mass is 197 g/mol. The molecule has 1 heterocycles. The molecule has 1 N–H and O–H groups in total. The van der Waals surface area contributed by atoms with Crippen molar-refractivity contribution >= 4 is 0 Å². The Bertz CT molecular complexity index is 136. The van der Waals surface area contributed by atoms with Crippen molar-refractivity contribution in [2.75, 3.05) is 6.54 Å². The Morgan fingerprint density at radius 1 is 1.07 bits per heavy atom. The molecule has 0 radical (unpaired) electrons. The Morgan fingerprint density at radius 3 is 2.43 bits per heavy atom. The molecular weight excluding hydrogens is 170 g/mol. The van der Waals surface area contributed by atoms with Crippen molar-refractivity contribution in [1.82, 2.24) is 5.32 Å². The summed E-state index contributed by atoms with van der Waals surface area (Å²) in [6.07, 6.45) is 12.7. The molecule has 1 unspecified atom stereocenters. The van der Waals surface area contributed by atoms with Gasteiger partial charge in [0.2, 0.25) is 0 Å². The van der Waals surface area contributed by atoms with Gasteiger partial charge in [-0.3, -0.25) is 0 Å². The summed E-state index contributed by atoms with van der Waals surface area (Å²) in [4.78, 5) is 0. The van der Waals surface area contributed by atoms with Crippen molar-refractivity contribution in [3.8, 4) is 0 Å². The Kier molecular flexibility index (Phi) is 5.54. The number of hydrogen-bond acceptors (Lipinski definition) is 1. The van der Waals surface area contributed by atoms with Crippen LogP contribution in [-0.4, -0.2) is 12.1 Å². The fraction of sp³-hybridized carbons (Fsp3) is 1.00. The summed E-state index contributed by atoms with van der Waals surface area (Å²) in [5, 5.41) is 3.64. The van der Waals surface area contributed by atoms with E-state index in [1.54, 1.807) is 0 Å². The molecule has 0 spiro atoms. The maximum absolute atomic E-state index is 3.64. The molecule has 1 rings (SSSR count). The Morgan fingerprint density at radius 2 is 1.79 bits per heavy atom. The Balaban J connectivity index is 1.92. The second kappa shape index (κ2) is 6.44. The summed E-state index contributed by atoms with van der Waals surface area (Å²) in [6.45, 7) is 5.92. The molecular formula is C13H27N. The fourth-order valence-electron chi connectivity index (χ4n) is 2.47. The molecule has 1 nitrogen and oxygen atoms in total. The van der Waals surface area contributed by atoms with Gasteiger partial charge in [0.1, 0.15) is 0 Å². The predicted molar refractivity (Wildman–Crippen MR) is 63.6 cm³/mol. The lowest BCUT2D eigenvalue weighted by Crippen LogP contribution is -2.35. The van der Waals surface area contributed by atoms with Crippen LogP contribution in [0.25, 0.3) is 0 Å². The highest BCUT2D eigenvalue weighted by Crippen LogP contribution is 2.24. The van der Waals surface area contributed by atoms with Crippen LogP contribution in [0.1, 0.15) is 71.6 Å². The van der Waals surface area contributed by atoms with Crippen molar-refractivity contribution in [3.63, 3.8) is 0 Å². The van der Waals surface area contributed by atoms with Gasteiger partial charge in [-0.2, -0.15) is 0 Å². The lowest BCUT2D eigenvalue weighted by Gasteiger charge is -2.24. The summed E-state index contributed by atoms with van der Waals surface area (Å²) in [6, 6.07) is 0. The molecule has 0 aromatic carbocycles. The van der Waals surface area contributed by atoms with E-state index in [1.165, 1.54) is 64.3 Å². The van der Waals surface area contributed by atoms with Crippen molar-refractivity contribution in [3.05, 3.63) is 0 Å². The van der Waals surface area contributed by atoms with Crippen LogP contribution in [0.15, 0.2) is 0 Å². The number of nitrogens with one attached hydrogen (secondary N) is 1. The minimum atomic E-state index is 0.491. The van der Waals surface area contributed by atoms with E-state index in [0.717, 1.165) is 0 Å². The van der Waals surface area contributed by atoms with Crippen molar-refractivity contribution < 1.29 is 0 Å². The summed E-state index contributed by atoms with van der Waals surface area (Å²) >= 11 is 0. The van der Waals surface area contributed by atoms with Crippen LogP contribution in [0.3, 0.4) is 0 Å². The normalized spacial score (nSPS) is 27.0. The number of unbranched alkanes of at least 4 members (excludes halogenated alkanes) is 5. The van der Waals surface area contributed by atoms with Gasteiger partial charge in [0.25, 0.3) is 0 Å². The third-order valence-electron chi connectivity index (χ3n) is 3.54. The van der Waals surface area contributed by atoms with Gasteiger partial charge in [-0.1, -0.05) is 45.4 Å². The highest BCUT2D eigenvalue weighted by Gasteiger charge is 2.26. The van der Waals surface area contributed by atoms with Gasteiger partial charge in [0.15, 0.2) is 0 Å². The molecule has 1 fully saturated rings. The lowest BCUT2D eigenvalue weighted by atomic mass is 9.92. The summed E-state index contributed by atoms with van der Waals surface area (Å²) in [5.74, 6) is 0. The maximum Gasteiger partial charge on any atom is 0.0153 e. The van der Waals surface area contributed by atoms with E-state index in [4.69, 9.17) is 0 Å². The largest absolute Gasteiger partial charge is 0.312 e. The molecule has 14 heavy (non-hydrogen) atoms. The smallest absolute Gasteiger partial charge is 0.0153 e. The van der Waals surface area contributed by atoms with Gasteiger partial charge in [0, 0.05) is 5.54 Å². The minimum absolute atomic E-state index is 0.491.